The molecule has 0 aromatic heterocycles. The van der Waals surface area contributed by atoms with Gasteiger partial charge in [0.15, 0.2) is 0 Å². The van der Waals surface area contributed by atoms with E-state index in [0.29, 0.717) is 19.5 Å². The summed E-state index contributed by atoms with van der Waals surface area (Å²) in [5.41, 5.74) is -0.212. The molecule has 1 aromatic carbocycles. The van der Waals surface area contributed by atoms with E-state index in [1.54, 1.807) is 11.8 Å². The van der Waals surface area contributed by atoms with E-state index in [1.165, 1.54) is 0 Å². The number of hydrogen-bond donors (Lipinski definition) is 1. The molecule has 1 amide bonds. The average Bonchev–Trinajstić information content (AvgIpc) is 3.28. The Labute approximate surface area is 138 Å². The number of rotatable bonds is 3. The molecule has 5 heteroatoms. The lowest BCUT2D eigenvalue weighted by Crippen LogP contribution is -2.51. The van der Waals surface area contributed by atoms with Crippen LogP contribution in [-0.4, -0.2) is 35.0 Å². The summed E-state index contributed by atoms with van der Waals surface area (Å²) in [5.74, 6) is -0.713. The van der Waals surface area contributed by atoms with Gasteiger partial charge in [-0.25, -0.2) is 0 Å². The summed E-state index contributed by atoms with van der Waals surface area (Å²) in [6.45, 7) is 2.72. The molecule has 118 valence electrons. The molecule has 0 radical (unpaired) electrons. The molecule has 4 nitrogen and oxygen atoms in total. The molecule has 1 unspecified atom stereocenters. The quantitative estimate of drug-likeness (QED) is 0.894. The Kier molecular flexibility index (Phi) is 3.79. The van der Waals surface area contributed by atoms with Gasteiger partial charge in [-0.3, -0.25) is 9.59 Å². The van der Waals surface area contributed by atoms with Gasteiger partial charge < -0.3 is 10.0 Å². The van der Waals surface area contributed by atoms with E-state index in [9.17, 15) is 14.7 Å². The summed E-state index contributed by atoms with van der Waals surface area (Å²) < 4.78 is 0.970. The molecule has 0 bridgehead atoms. The Hall–Kier alpha value is -1.36. The van der Waals surface area contributed by atoms with Gasteiger partial charge in [0, 0.05) is 17.6 Å². The van der Waals surface area contributed by atoms with Crippen molar-refractivity contribution in [1.29, 1.82) is 0 Å². The molecule has 1 heterocycles. The summed E-state index contributed by atoms with van der Waals surface area (Å²) in [6.07, 6.45) is 3.09. The van der Waals surface area contributed by atoms with Crippen molar-refractivity contribution >= 4 is 27.8 Å². The van der Waals surface area contributed by atoms with Crippen molar-refractivity contribution in [3.63, 3.8) is 0 Å². The van der Waals surface area contributed by atoms with E-state index in [4.69, 9.17) is 0 Å². The topological polar surface area (TPSA) is 57.6 Å². The van der Waals surface area contributed by atoms with Crippen molar-refractivity contribution in [2.24, 2.45) is 5.41 Å². The number of benzene rings is 1. The lowest BCUT2D eigenvalue weighted by molar-refractivity contribution is -0.154. The monoisotopic (exact) mass is 365 g/mol. The van der Waals surface area contributed by atoms with Gasteiger partial charge >= 0.3 is 5.97 Å². The average molecular weight is 366 g/mol. The summed E-state index contributed by atoms with van der Waals surface area (Å²) in [7, 11) is 0. The van der Waals surface area contributed by atoms with Crippen molar-refractivity contribution < 1.29 is 14.7 Å². The van der Waals surface area contributed by atoms with E-state index < -0.39 is 16.8 Å². The molecule has 1 aliphatic carbocycles. The van der Waals surface area contributed by atoms with E-state index >= 15 is 0 Å². The van der Waals surface area contributed by atoms with Crippen LogP contribution >= 0.6 is 15.9 Å². The second-order valence-electron chi connectivity index (χ2n) is 6.79. The Morgan fingerprint density at radius 3 is 2.59 bits per heavy atom. The minimum atomic E-state index is -0.818. The zero-order chi connectivity index (χ0) is 16.0. The van der Waals surface area contributed by atoms with Gasteiger partial charge in [0.1, 0.15) is 0 Å². The number of carboxylic acids is 1. The number of carbonyl (C=O) groups excluding carboxylic acids is 1. The summed E-state index contributed by atoms with van der Waals surface area (Å²) in [5, 5.41) is 9.42. The van der Waals surface area contributed by atoms with Crippen LogP contribution in [0.4, 0.5) is 0 Å². The number of aliphatic carboxylic acids is 1. The van der Waals surface area contributed by atoms with Gasteiger partial charge in [0.05, 0.1) is 10.8 Å². The van der Waals surface area contributed by atoms with E-state index in [1.807, 2.05) is 24.3 Å². The first-order valence-corrected chi connectivity index (χ1v) is 8.46. The largest absolute Gasteiger partial charge is 0.481 e. The van der Waals surface area contributed by atoms with Crippen molar-refractivity contribution in [3.05, 3.63) is 34.3 Å². The number of likely N-dealkylation sites (tertiary alicyclic amines) is 1. The van der Waals surface area contributed by atoms with Gasteiger partial charge in [0.2, 0.25) is 5.91 Å². The van der Waals surface area contributed by atoms with Crippen molar-refractivity contribution in [2.45, 2.75) is 38.0 Å². The van der Waals surface area contributed by atoms with Crippen LogP contribution in [0.2, 0.25) is 0 Å². The maximum atomic E-state index is 13.0. The van der Waals surface area contributed by atoms with Gasteiger partial charge in [-0.1, -0.05) is 28.1 Å². The Morgan fingerprint density at radius 1 is 1.27 bits per heavy atom. The zero-order valence-electron chi connectivity index (χ0n) is 12.6. The SMILES string of the molecule is CC1(C(=O)O)CCCN(C(=O)C2(c3cccc(Br)c3)CC2)C1. The Balaban J connectivity index is 1.83. The number of amides is 1. The summed E-state index contributed by atoms with van der Waals surface area (Å²) in [4.78, 5) is 26.3. The van der Waals surface area contributed by atoms with Crippen LogP contribution in [0.15, 0.2) is 28.7 Å². The second-order valence-corrected chi connectivity index (χ2v) is 7.70. The molecular formula is C17H20BrNO3. The number of hydrogen-bond acceptors (Lipinski definition) is 2. The standard InChI is InChI=1S/C17H20BrNO3/c1-16(15(21)22)6-3-9-19(11-16)14(20)17(7-8-17)12-4-2-5-13(18)10-12/h2,4-5,10H,3,6-9,11H2,1H3,(H,21,22). The van der Waals surface area contributed by atoms with Gasteiger partial charge in [0.25, 0.3) is 0 Å². The molecule has 1 saturated carbocycles. The van der Waals surface area contributed by atoms with E-state index in [-0.39, 0.29) is 5.91 Å². The first-order valence-electron chi connectivity index (χ1n) is 7.66. The smallest absolute Gasteiger partial charge is 0.311 e. The molecule has 1 saturated heterocycles. The number of nitrogens with zero attached hydrogens (tertiary/aromatic N) is 1. The van der Waals surface area contributed by atoms with Gasteiger partial charge in [-0.2, -0.15) is 0 Å². The van der Waals surface area contributed by atoms with Crippen molar-refractivity contribution in [2.75, 3.05) is 13.1 Å². The molecule has 1 aromatic rings. The van der Waals surface area contributed by atoms with Crippen molar-refractivity contribution in [1.82, 2.24) is 4.90 Å². The van der Waals surface area contributed by atoms with Crippen LogP contribution in [-0.2, 0) is 15.0 Å². The number of carbonyl (C=O) groups is 2. The number of piperidine rings is 1. The Morgan fingerprint density at radius 2 is 2.00 bits per heavy atom. The fourth-order valence-corrected chi connectivity index (χ4v) is 3.83. The van der Waals surface area contributed by atoms with Crippen LogP contribution in [0.5, 0.6) is 0 Å². The second kappa shape index (κ2) is 5.37. The van der Waals surface area contributed by atoms with Crippen LogP contribution < -0.4 is 0 Å². The van der Waals surface area contributed by atoms with Gasteiger partial charge in [-0.15, -0.1) is 0 Å². The fraction of sp³-hybridized carbons (Fsp3) is 0.529. The highest BCUT2D eigenvalue weighted by atomic mass is 79.9. The van der Waals surface area contributed by atoms with Gasteiger partial charge in [-0.05, 0) is 50.3 Å². The third kappa shape index (κ3) is 2.56. The molecule has 2 aliphatic rings. The number of halogens is 1. The predicted octanol–water partition coefficient (Wildman–Crippen LogP) is 3.19. The first kappa shape index (κ1) is 15.5. The minimum absolute atomic E-state index is 0.0952. The summed E-state index contributed by atoms with van der Waals surface area (Å²) in [6, 6.07) is 7.90. The molecule has 0 spiro atoms. The fourth-order valence-electron chi connectivity index (χ4n) is 3.43. The predicted molar refractivity (Wildman–Crippen MR) is 86.6 cm³/mol. The molecular weight excluding hydrogens is 346 g/mol. The van der Waals surface area contributed by atoms with Crippen molar-refractivity contribution in [3.8, 4) is 0 Å². The maximum Gasteiger partial charge on any atom is 0.311 e. The lowest BCUT2D eigenvalue weighted by Gasteiger charge is -2.39. The highest BCUT2D eigenvalue weighted by Crippen LogP contribution is 2.50. The van der Waals surface area contributed by atoms with Crippen LogP contribution in [0.25, 0.3) is 0 Å². The summed E-state index contributed by atoms with van der Waals surface area (Å²) >= 11 is 3.46. The lowest BCUT2D eigenvalue weighted by atomic mass is 9.81. The normalized spacial score (nSPS) is 26.5. The van der Waals surface area contributed by atoms with Crippen LogP contribution in [0, 0.1) is 5.41 Å². The van der Waals surface area contributed by atoms with Crippen LogP contribution in [0.3, 0.4) is 0 Å². The molecule has 3 rings (SSSR count). The minimum Gasteiger partial charge on any atom is -0.481 e. The van der Waals surface area contributed by atoms with E-state index in [0.717, 1.165) is 29.3 Å². The van der Waals surface area contributed by atoms with Crippen LogP contribution in [0.1, 0.15) is 38.2 Å². The third-order valence-electron chi connectivity index (χ3n) is 5.04. The number of carboxylic acid groups (broad SMARTS) is 1. The molecule has 2 fully saturated rings. The zero-order valence-corrected chi connectivity index (χ0v) is 14.2. The third-order valence-corrected chi connectivity index (χ3v) is 5.53. The molecule has 22 heavy (non-hydrogen) atoms. The maximum absolute atomic E-state index is 13.0. The molecule has 1 N–H and O–H groups in total. The molecule has 1 aliphatic heterocycles. The highest BCUT2D eigenvalue weighted by molar-refractivity contribution is 9.10. The van der Waals surface area contributed by atoms with E-state index in [2.05, 4.69) is 15.9 Å². The molecule has 1 atom stereocenters. The first-order chi connectivity index (χ1) is 10.4. The Bertz CT molecular complexity index is 626. The highest BCUT2D eigenvalue weighted by Gasteiger charge is 2.54.